The summed E-state index contributed by atoms with van der Waals surface area (Å²) in [6.07, 6.45) is 7.06. The van der Waals surface area contributed by atoms with Crippen molar-refractivity contribution < 1.29 is 9.47 Å². The van der Waals surface area contributed by atoms with Crippen molar-refractivity contribution >= 4 is 16.6 Å². The average Bonchev–Trinajstić information content (AvgIpc) is 2.53. The Hall–Kier alpha value is -1.97. The minimum Gasteiger partial charge on any atom is -0.493 e. The molecule has 1 N–H and O–H groups in total. The van der Waals surface area contributed by atoms with E-state index in [9.17, 15) is 0 Å². The van der Waals surface area contributed by atoms with Crippen LogP contribution in [0.5, 0.6) is 11.5 Å². The van der Waals surface area contributed by atoms with E-state index in [0.29, 0.717) is 11.8 Å². The van der Waals surface area contributed by atoms with Gasteiger partial charge in [-0.3, -0.25) is 4.98 Å². The molecule has 3 rings (SSSR count). The molecule has 0 amide bonds. The van der Waals surface area contributed by atoms with Gasteiger partial charge in [0.15, 0.2) is 11.5 Å². The summed E-state index contributed by atoms with van der Waals surface area (Å²) in [7, 11) is 3.30. The molecular formula is C18H24N2O2. The zero-order valence-electron chi connectivity index (χ0n) is 13.6. The third-order valence-electron chi connectivity index (χ3n) is 4.49. The average molecular weight is 300 g/mol. The Kier molecular flexibility index (Phi) is 4.36. The van der Waals surface area contributed by atoms with Crippen LogP contribution in [0.3, 0.4) is 0 Å². The first-order chi connectivity index (χ1) is 10.7. The Morgan fingerprint density at radius 1 is 1.09 bits per heavy atom. The number of methoxy groups -OCH3 is 2. The highest BCUT2D eigenvalue weighted by molar-refractivity contribution is 5.85. The van der Waals surface area contributed by atoms with Gasteiger partial charge in [-0.25, -0.2) is 0 Å². The Balaban J connectivity index is 1.85. The fourth-order valence-corrected chi connectivity index (χ4v) is 3.34. The Bertz CT molecular complexity index is 657. The van der Waals surface area contributed by atoms with Crippen LogP contribution >= 0.6 is 0 Å². The molecule has 0 spiro atoms. The predicted octanol–water partition coefficient (Wildman–Crippen LogP) is 4.24. The first-order valence-corrected chi connectivity index (χ1v) is 7.98. The third-order valence-corrected chi connectivity index (χ3v) is 4.49. The highest BCUT2D eigenvalue weighted by atomic mass is 16.5. The fraction of sp³-hybridized carbons (Fsp3) is 0.500. The first-order valence-electron chi connectivity index (χ1n) is 7.98. The molecule has 1 heterocycles. The molecule has 4 heteroatoms. The van der Waals surface area contributed by atoms with Gasteiger partial charge in [0.25, 0.3) is 0 Å². The van der Waals surface area contributed by atoms with Crippen molar-refractivity contribution in [1.29, 1.82) is 0 Å². The monoisotopic (exact) mass is 300 g/mol. The van der Waals surface area contributed by atoms with E-state index < -0.39 is 0 Å². The van der Waals surface area contributed by atoms with Crippen molar-refractivity contribution in [3.05, 3.63) is 24.4 Å². The van der Waals surface area contributed by atoms with Gasteiger partial charge in [-0.2, -0.15) is 0 Å². The van der Waals surface area contributed by atoms with Crippen LogP contribution in [-0.4, -0.2) is 25.2 Å². The van der Waals surface area contributed by atoms with Gasteiger partial charge < -0.3 is 14.8 Å². The number of nitrogens with zero attached hydrogens (tertiary/aromatic N) is 1. The molecule has 1 aromatic carbocycles. The maximum atomic E-state index is 5.38. The van der Waals surface area contributed by atoms with Crippen molar-refractivity contribution in [1.82, 2.24) is 4.98 Å². The molecule has 22 heavy (non-hydrogen) atoms. The number of pyridine rings is 1. The standard InChI is InChI=1S/C18H24N2O2/c1-12-5-4-6-14(7-12)20-15-8-13-9-17(21-2)18(22-3)10-16(13)19-11-15/h8-12,14,20H,4-7H2,1-3H3/t12-,14+/m1/s1. The highest BCUT2D eigenvalue weighted by Crippen LogP contribution is 2.33. The summed E-state index contributed by atoms with van der Waals surface area (Å²) in [5.74, 6) is 2.26. The molecular weight excluding hydrogens is 276 g/mol. The molecule has 4 nitrogen and oxygen atoms in total. The van der Waals surface area contributed by atoms with Gasteiger partial charge in [0.1, 0.15) is 0 Å². The molecule has 0 aliphatic heterocycles. The Labute approximate surface area is 131 Å². The van der Waals surface area contributed by atoms with Crippen LogP contribution in [0.2, 0.25) is 0 Å². The van der Waals surface area contributed by atoms with Crippen molar-refractivity contribution in [3.63, 3.8) is 0 Å². The lowest BCUT2D eigenvalue weighted by molar-refractivity contribution is 0.355. The van der Waals surface area contributed by atoms with E-state index in [1.807, 2.05) is 18.3 Å². The van der Waals surface area contributed by atoms with Crippen molar-refractivity contribution in [2.75, 3.05) is 19.5 Å². The molecule has 1 saturated carbocycles. The number of ether oxygens (including phenoxy) is 2. The second kappa shape index (κ2) is 6.42. The van der Waals surface area contributed by atoms with Gasteiger partial charge in [-0.1, -0.05) is 19.8 Å². The molecule has 1 aliphatic carbocycles. The summed E-state index contributed by atoms with van der Waals surface area (Å²) in [5.41, 5.74) is 2.00. The number of hydrogen-bond acceptors (Lipinski definition) is 4. The summed E-state index contributed by atoms with van der Waals surface area (Å²) >= 11 is 0. The normalized spacial score (nSPS) is 21.6. The summed E-state index contributed by atoms with van der Waals surface area (Å²) < 4.78 is 10.7. The second-order valence-corrected chi connectivity index (χ2v) is 6.24. The molecule has 1 aromatic heterocycles. The topological polar surface area (TPSA) is 43.4 Å². The lowest BCUT2D eigenvalue weighted by atomic mass is 9.87. The molecule has 0 radical (unpaired) electrons. The second-order valence-electron chi connectivity index (χ2n) is 6.24. The van der Waals surface area contributed by atoms with Gasteiger partial charge >= 0.3 is 0 Å². The van der Waals surface area contributed by atoms with Crippen LogP contribution in [0, 0.1) is 5.92 Å². The van der Waals surface area contributed by atoms with Gasteiger partial charge in [-0.15, -0.1) is 0 Å². The van der Waals surface area contributed by atoms with Crippen LogP contribution in [0.15, 0.2) is 24.4 Å². The van der Waals surface area contributed by atoms with Gasteiger partial charge in [0, 0.05) is 17.5 Å². The van der Waals surface area contributed by atoms with E-state index in [2.05, 4.69) is 23.3 Å². The van der Waals surface area contributed by atoms with E-state index >= 15 is 0 Å². The van der Waals surface area contributed by atoms with Crippen molar-refractivity contribution in [2.45, 2.75) is 38.6 Å². The summed E-state index contributed by atoms with van der Waals surface area (Å²) in [4.78, 5) is 4.55. The number of aromatic nitrogens is 1. The fourth-order valence-electron chi connectivity index (χ4n) is 3.34. The molecule has 118 valence electrons. The number of fused-ring (bicyclic) bond motifs is 1. The number of hydrogen-bond donors (Lipinski definition) is 1. The Morgan fingerprint density at radius 2 is 1.86 bits per heavy atom. The van der Waals surface area contributed by atoms with E-state index in [1.54, 1.807) is 14.2 Å². The molecule has 0 saturated heterocycles. The SMILES string of the molecule is COc1cc2cc(N[C@H]3CCC[C@@H](C)C3)cnc2cc1OC. The van der Waals surface area contributed by atoms with Gasteiger partial charge in [-0.05, 0) is 30.9 Å². The third kappa shape index (κ3) is 3.11. The first kappa shape index (κ1) is 14.9. The quantitative estimate of drug-likeness (QED) is 0.917. The number of benzene rings is 1. The number of anilines is 1. The molecule has 1 aliphatic rings. The highest BCUT2D eigenvalue weighted by Gasteiger charge is 2.18. The summed E-state index contributed by atoms with van der Waals surface area (Å²) in [5, 5.41) is 4.70. The number of nitrogens with one attached hydrogen (secondary N) is 1. The molecule has 2 atom stereocenters. The number of rotatable bonds is 4. The molecule has 0 unspecified atom stereocenters. The summed E-state index contributed by atoms with van der Waals surface area (Å²) in [6, 6.07) is 6.60. The molecule has 1 fully saturated rings. The van der Waals surface area contributed by atoms with Crippen molar-refractivity contribution in [2.24, 2.45) is 5.92 Å². The van der Waals surface area contributed by atoms with E-state index in [-0.39, 0.29) is 0 Å². The maximum absolute atomic E-state index is 5.38. The minimum atomic E-state index is 0.558. The van der Waals surface area contributed by atoms with Gasteiger partial charge in [0.2, 0.25) is 0 Å². The molecule has 2 aromatic rings. The largest absolute Gasteiger partial charge is 0.493 e. The van der Waals surface area contributed by atoms with Crippen LogP contribution in [-0.2, 0) is 0 Å². The zero-order chi connectivity index (χ0) is 15.5. The van der Waals surface area contributed by atoms with Crippen LogP contribution in [0.25, 0.3) is 10.9 Å². The van der Waals surface area contributed by atoms with Gasteiger partial charge in [0.05, 0.1) is 31.6 Å². The lowest BCUT2D eigenvalue weighted by Gasteiger charge is -2.28. The molecule has 0 bridgehead atoms. The minimum absolute atomic E-state index is 0.558. The zero-order valence-corrected chi connectivity index (χ0v) is 13.6. The maximum Gasteiger partial charge on any atom is 0.162 e. The van der Waals surface area contributed by atoms with E-state index in [0.717, 1.165) is 28.3 Å². The predicted molar refractivity (Wildman–Crippen MR) is 89.9 cm³/mol. The van der Waals surface area contributed by atoms with E-state index in [1.165, 1.54) is 25.7 Å². The van der Waals surface area contributed by atoms with Crippen LogP contribution < -0.4 is 14.8 Å². The van der Waals surface area contributed by atoms with E-state index in [4.69, 9.17) is 9.47 Å². The smallest absolute Gasteiger partial charge is 0.162 e. The van der Waals surface area contributed by atoms with Crippen molar-refractivity contribution in [3.8, 4) is 11.5 Å². The van der Waals surface area contributed by atoms with Crippen LogP contribution in [0.4, 0.5) is 5.69 Å². The van der Waals surface area contributed by atoms with Crippen LogP contribution in [0.1, 0.15) is 32.6 Å². The summed E-state index contributed by atoms with van der Waals surface area (Å²) in [6.45, 7) is 2.34. The lowest BCUT2D eigenvalue weighted by Crippen LogP contribution is -2.26. The Morgan fingerprint density at radius 3 is 2.59 bits per heavy atom.